The molecular formula is C16H10N2. The monoisotopic (exact) mass is 230 g/mol. The average molecular weight is 230 g/mol. The predicted molar refractivity (Wildman–Crippen MR) is 62.0 cm³/mol. The number of nitrogens with zero attached hydrogens (tertiary/aromatic N) is 2. The van der Waals surface area contributed by atoms with Crippen molar-refractivity contribution in [3.05, 3.63) is 35.4 Å². The van der Waals surface area contributed by atoms with Crippen molar-refractivity contribution in [1.29, 1.82) is 10.5 Å². The van der Waals surface area contributed by atoms with Gasteiger partial charge in [0.1, 0.15) is 0 Å². The molecule has 1 aromatic rings. The molecule has 0 N–H and O–H groups in total. The maximum atomic E-state index is 9.58. The van der Waals surface area contributed by atoms with E-state index in [1.54, 1.807) is 0 Å². The standard InChI is InChI=1S/C16H10N2/c17-5-15-11-9-7-3-1-2-4-8(7)10-13(11)16(15,6-18)14(10)12(9)15/h1-4,9-14H. The van der Waals surface area contributed by atoms with E-state index in [4.69, 9.17) is 0 Å². The lowest BCUT2D eigenvalue weighted by molar-refractivity contribution is -0.485. The summed E-state index contributed by atoms with van der Waals surface area (Å²) in [5, 5.41) is 19.2. The molecule has 0 spiro atoms. The van der Waals surface area contributed by atoms with Crippen LogP contribution in [0.25, 0.3) is 0 Å². The maximum Gasteiger partial charge on any atom is 0.0840 e. The van der Waals surface area contributed by atoms with Gasteiger partial charge in [-0.3, -0.25) is 0 Å². The van der Waals surface area contributed by atoms with E-state index in [-0.39, 0.29) is 10.8 Å². The second-order valence-electron chi connectivity index (χ2n) is 6.75. The van der Waals surface area contributed by atoms with Gasteiger partial charge in [-0.25, -0.2) is 0 Å². The van der Waals surface area contributed by atoms with E-state index in [2.05, 4.69) is 36.4 Å². The lowest BCUT2D eigenvalue weighted by Crippen LogP contribution is -2.98. The van der Waals surface area contributed by atoms with Gasteiger partial charge >= 0.3 is 0 Å². The van der Waals surface area contributed by atoms with Crippen molar-refractivity contribution in [3.8, 4) is 12.1 Å². The lowest BCUT2D eigenvalue weighted by atomic mass is 9.01. The molecule has 4 atom stereocenters. The Morgan fingerprint density at radius 3 is 1.50 bits per heavy atom. The van der Waals surface area contributed by atoms with Crippen LogP contribution in [-0.2, 0) is 0 Å². The molecule has 0 aromatic heterocycles. The van der Waals surface area contributed by atoms with Crippen LogP contribution in [0.2, 0.25) is 0 Å². The number of benzene rings is 1. The molecule has 18 heavy (non-hydrogen) atoms. The van der Waals surface area contributed by atoms with Gasteiger partial charge in [-0.15, -0.1) is 0 Å². The third-order valence-corrected chi connectivity index (χ3v) is 7.19. The highest BCUT2D eigenvalue weighted by molar-refractivity contribution is 5.66. The van der Waals surface area contributed by atoms with E-state index in [0.717, 1.165) is 0 Å². The van der Waals surface area contributed by atoms with Crippen LogP contribution in [0, 0.1) is 57.2 Å². The summed E-state index contributed by atoms with van der Waals surface area (Å²) in [5.74, 6) is 3.26. The second-order valence-corrected chi connectivity index (χ2v) is 6.75. The van der Waals surface area contributed by atoms with Crippen LogP contribution in [-0.4, -0.2) is 0 Å². The molecule has 6 aliphatic carbocycles. The Balaban J connectivity index is 1.68. The molecule has 4 unspecified atom stereocenters. The van der Waals surface area contributed by atoms with Gasteiger partial charge in [0.15, 0.2) is 0 Å². The highest BCUT2D eigenvalue weighted by Crippen LogP contribution is 3.04. The summed E-state index contributed by atoms with van der Waals surface area (Å²) in [4.78, 5) is 0. The molecule has 1 aromatic carbocycles. The number of rotatable bonds is 0. The van der Waals surface area contributed by atoms with Crippen LogP contribution in [0.4, 0.5) is 0 Å². The second kappa shape index (κ2) is 1.90. The molecule has 0 amide bonds. The number of hydrogen-bond donors (Lipinski definition) is 0. The van der Waals surface area contributed by atoms with E-state index < -0.39 is 0 Å². The minimum absolute atomic E-state index is 0.230. The molecule has 2 heteroatoms. The van der Waals surface area contributed by atoms with E-state index in [1.807, 2.05) is 0 Å². The zero-order chi connectivity index (χ0) is 11.9. The highest BCUT2D eigenvalue weighted by atomic mass is 15.0. The molecule has 84 valence electrons. The Hall–Kier alpha value is -1.80. The molecule has 2 nitrogen and oxygen atoms in total. The minimum Gasteiger partial charge on any atom is -0.198 e. The zero-order valence-corrected chi connectivity index (χ0v) is 9.67. The first-order chi connectivity index (χ1) is 8.84. The molecule has 4 fully saturated rings. The number of nitriles is 2. The van der Waals surface area contributed by atoms with E-state index in [1.165, 1.54) is 11.1 Å². The summed E-state index contributed by atoms with van der Waals surface area (Å²) >= 11 is 0. The third-order valence-electron chi connectivity index (χ3n) is 7.19. The highest BCUT2D eigenvalue weighted by Gasteiger charge is 3.04. The van der Waals surface area contributed by atoms with E-state index >= 15 is 0 Å². The van der Waals surface area contributed by atoms with Gasteiger partial charge in [0, 0.05) is 0 Å². The average Bonchev–Trinajstić information content (AvgIpc) is 2.41. The van der Waals surface area contributed by atoms with Crippen molar-refractivity contribution in [2.24, 2.45) is 34.5 Å². The van der Waals surface area contributed by atoms with Gasteiger partial charge in [-0.2, -0.15) is 10.5 Å². The largest absolute Gasteiger partial charge is 0.198 e. The SMILES string of the molecule is N#CC12C3C4c5ccccc5C5C3C1(C#N)C5C42. The fraction of sp³-hybridized carbons (Fsp3) is 0.500. The van der Waals surface area contributed by atoms with Crippen molar-refractivity contribution < 1.29 is 0 Å². The van der Waals surface area contributed by atoms with Gasteiger partial charge in [-0.1, -0.05) is 24.3 Å². The molecule has 0 heterocycles. The summed E-state index contributed by atoms with van der Waals surface area (Å²) in [6.45, 7) is 0. The first-order valence-corrected chi connectivity index (χ1v) is 6.76. The van der Waals surface area contributed by atoms with Crippen molar-refractivity contribution in [1.82, 2.24) is 0 Å². The van der Waals surface area contributed by atoms with Crippen LogP contribution in [0.1, 0.15) is 23.0 Å². The van der Waals surface area contributed by atoms with E-state index in [9.17, 15) is 10.5 Å². The van der Waals surface area contributed by atoms with Crippen LogP contribution in [0.3, 0.4) is 0 Å². The molecular weight excluding hydrogens is 220 g/mol. The van der Waals surface area contributed by atoms with Gasteiger partial charge < -0.3 is 0 Å². The molecule has 0 radical (unpaired) electrons. The summed E-state index contributed by atoms with van der Waals surface area (Å²) in [7, 11) is 0. The predicted octanol–water partition coefficient (Wildman–Crippen LogP) is 2.41. The quantitative estimate of drug-likeness (QED) is 0.687. The van der Waals surface area contributed by atoms with Crippen molar-refractivity contribution in [3.63, 3.8) is 0 Å². The van der Waals surface area contributed by atoms with Gasteiger partial charge in [0.25, 0.3) is 0 Å². The fourth-order valence-corrected chi connectivity index (χ4v) is 7.10. The van der Waals surface area contributed by atoms with Gasteiger partial charge in [0.2, 0.25) is 0 Å². The minimum atomic E-state index is -0.230. The van der Waals surface area contributed by atoms with Crippen LogP contribution in [0.5, 0.6) is 0 Å². The zero-order valence-electron chi connectivity index (χ0n) is 9.67. The molecule has 7 rings (SSSR count). The normalized spacial score (nSPS) is 61.7. The first-order valence-electron chi connectivity index (χ1n) is 6.76. The molecule has 0 saturated heterocycles. The van der Waals surface area contributed by atoms with Crippen molar-refractivity contribution in [2.45, 2.75) is 11.8 Å². The lowest BCUT2D eigenvalue weighted by Gasteiger charge is -2.98. The van der Waals surface area contributed by atoms with Crippen molar-refractivity contribution >= 4 is 0 Å². The Morgan fingerprint density at radius 2 is 1.17 bits per heavy atom. The fourth-order valence-electron chi connectivity index (χ4n) is 7.10. The first kappa shape index (κ1) is 8.33. The molecule has 4 saturated carbocycles. The topological polar surface area (TPSA) is 47.6 Å². The van der Waals surface area contributed by atoms with Crippen LogP contribution < -0.4 is 0 Å². The Bertz CT molecular complexity index is 651. The molecule has 2 bridgehead atoms. The maximum absolute atomic E-state index is 9.58. The van der Waals surface area contributed by atoms with Gasteiger partial charge in [-0.05, 0) is 46.6 Å². The third kappa shape index (κ3) is 0.385. The number of hydrogen-bond acceptors (Lipinski definition) is 2. The summed E-state index contributed by atoms with van der Waals surface area (Å²) in [6, 6.07) is 13.9. The molecule has 0 aliphatic heterocycles. The van der Waals surface area contributed by atoms with Crippen molar-refractivity contribution in [2.75, 3.05) is 0 Å². The summed E-state index contributed by atoms with van der Waals surface area (Å²) in [5.41, 5.74) is 2.54. The Kier molecular flexibility index (Phi) is 0.877. The van der Waals surface area contributed by atoms with Gasteiger partial charge in [0.05, 0.1) is 23.0 Å². The summed E-state index contributed by atoms with van der Waals surface area (Å²) < 4.78 is 0. The Morgan fingerprint density at radius 1 is 0.778 bits per heavy atom. The van der Waals surface area contributed by atoms with Crippen LogP contribution in [0.15, 0.2) is 24.3 Å². The smallest absolute Gasteiger partial charge is 0.0840 e. The summed E-state index contributed by atoms with van der Waals surface area (Å²) in [6.07, 6.45) is 0. The Labute approximate surface area is 105 Å². The van der Waals surface area contributed by atoms with E-state index in [0.29, 0.717) is 35.5 Å². The molecule has 6 aliphatic rings. The van der Waals surface area contributed by atoms with Crippen LogP contribution >= 0.6 is 0 Å².